The van der Waals surface area contributed by atoms with Gasteiger partial charge in [-0.2, -0.15) is 0 Å². The molecule has 7 heteroatoms. The first kappa shape index (κ1) is 14.2. The van der Waals surface area contributed by atoms with Crippen LogP contribution in [0.1, 0.15) is 20.3 Å². The molecule has 0 aliphatic carbocycles. The standard InChI is InChI=1S/C12H16N2O3S2/c1-4-8(2)13-19(16,17)9-5-6-10-11(7-9)18-12(15)14(10)3/h5-8,13H,4H2,1-3H3/t8-/m0/s1. The summed E-state index contributed by atoms with van der Waals surface area (Å²) in [6, 6.07) is 4.62. The van der Waals surface area contributed by atoms with Gasteiger partial charge in [-0.3, -0.25) is 4.79 Å². The first-order valence-corrected chi connectivity index (χ1v) is 8.27. The molecule has 19 heavy (non-hydrogen) atoms. The summed E-state index contributed by atoms with van der Waals surface area (Å²) in [5.41, 5.74) is 0.748. The van der Waals surface area contributed by atoms with E-state index in [1.807, 2.05) is 13.8 Å². The number of hydrogen-bond donors (Lipinski definition) is 1. The van der Waals surface area contributed by atoms with Gasteiger partial charge in [0.25, 0.3) is 0 Å². The van der Waals surface area contributed by atoms with Crippen LogP contribution in [0.15, 0.2) is 27.9 Å². The van der Waals surface area contributed by atoms with Crippen LogP contribution in [0.2, 0.25) is 0 Å². The Balaban J connectivity index is 2.49. The van der Waals surface area contributed by atoms with E-state index >= 15 is 0 Å². The van der Waals surface area contributed by atoms with Crippen molar-refractivity contribution < 1.29 is 8.42 Å². The zero-order valence-electron chi connectivity index (χ0n) is 11.0. The molecule has 0 aliphatic heterocycles. The highest BCUT2D eigenvalue weighted by Gasteiger charge is 2.17. The maximum Gasteiger partial charge on any atom is 0.307 e. The molecule has 104 valence electrons. The molecule has 0 aliphatic rings. The molecule has 2 aromatic rings. The lowest BCUT2D eigenvalue weighted by Crippen LogP contribution is -2.31. The summed E-state index contributed by atoms with van der Waals surface area (Å²) in [7, 11) is -1.85. The van der Waals surface area contributed by atoms with Crippen molar-refractivity contribution in [2.45, 2.75) is 31.2 Å². The van der Waals surface area contributed by atoms with Crippen molar-refractivity contribution in [1.82, 2.24) is 9.29 Å². The molecule has 0 saturated heterocycles. The SMILES string of the molecule is CC[C@H](C)NS(=O)(=O)c1ccc2c(c1)sc(=O)n2C. The molecule has 0 spiro atoms. The van der Waals surface area contributed by atoms with E-state index in [0.29, 0.717) is 4.70 Å². The second-order valence-corrected chi connectivity index (χ2v) is 7.19. The predicted octanol–water partition coefficient (Wildman–Crippen LogP) is 1.68. The van der Waals surface area contributed by atoms with Crippen LogP contribution >= 0.6 is 11.3 Å². The summed E-state index contributed by atoms with van der Waals surface area (Å²) < 4.78 is 29.1. The lowest BCUT2D eigenvalue weighted by Gasteiger charge is -2.12. The molecule has 0 fully saturated rings. The van der Waals surface area contributed by atoms with Gasteiger partial charge in [-0.15, -0.1) is 0 Å². The average molecular weight is 300 g/mol. The molecule has 1 aromatic carbocycles. The fourth-order valence-electron chi connectivity index (χ4n) is 1.70. The van der Waals surface area contributed by atoms with Gasteiger partial charge >= 0.3 is 4.87 Å². The summed E-state index contributed by atoms with van der Waals surface area (Å²) in [5.74, 6) is 0. The van der Waals surface area contributed by atoms with Crippen molar-refractivity contribution in [2.75, 3.05) is 0 Å². The molecule has 0 saturated carbocycles. The van der Waals surface area contributed by atoms with Crippen LogP contribution in [0.5, 0.6) is 0 Å². The van der Waals surface area contributed by atoms with Gasteiger partial charge in [-0.05, 0) is 31.5 Å². The van der Waals surface area contributed by atoms with Crippen LogP contribution in [0.25, 0.3) is 10.2 Å². The Bertz CT molecular complexity index is 759. The molecule has 0 amide bonds. The van der Waals surface area contributed by atoms with Crippen LogP contribution in [0, 0.1) is 0 Å². The minimum atomic E-state index is -3.52. The number of benzene rings is 1. The summed E-state index contributed by atoms with van der Waals surface area (Å²) in [6.45, 7) is 3.73. The Hall–Kier alpha value is -1.18. The van der Waals surface area contributed by atoms with Gasteiger partial charge in [0.05, 0.1) is 15.1 Å². The molecule has 1 N–H and O–H groups in total. The van der Waals surface area contributed by atoms with Gasteiger partial charge in [0.2, 0.25) is 10.0 Å². The van der Waals surface area contributed by atoms with E-state index in [9.17, 15) is 13.2 Å². The number of aromatic nitrogens is 1. The Morgan fingerprint density at radius 2 is 2.11 bits per heavy atom. The summed E-state index contributed by atoms with van der Waals surface area (Å²) in [4.78, 5) is 11.6. The second-order valence-electron chi connectivity index (χ2n) is 4.49. The fourth-order valence-corrected chi connectivity index (χ4v) is 4.04. The van der Waals surface area contributed by atoms with E-state index in [1.54, 1.807) is 19.2 Å². The third kappa shape index (κ3) is 2.72. The van der Waals surface area contributed by atoms with Gasteiger partial charge < -0.3 is 4.57 Å². The number of sulfonamides is 1. The second kappa shape index (κ2) is 5.07. The molecule has 2 rings (SSSR count). The van der Waals surface area contributed by atoms with Gasteiger partial charge in [0, 0.05) is 13.1 Å². The summed E-state index contributed by atoms with van der Waals surface area (Å²) in [5, 5.41) is 0. The quantitative estimate of drug-likeness (QED) is 0.934. The Labute approximate surface area is 115 Å². The minimum absolute atomic E-state index is 0.0977. The minimum Gasteiger partial charge on any atom is -0.302 e. The summed E-state index contributed by atoms with van der Waals surface area (Å²) >= 11 is 1.05. The zero-order valence-corrected chi connectivity index (χ0v) is 12.6. The Kier molecular flexibility index (Phi) is 3.80. The smallest absolute Gasteiger partial charge is 0.302 e. The van der Waals surface area contributed by atoms with E-state index in [4.69, 9.17) is 0 Å². The van der Waals surface area contributed by atoms with Crippen molar-refractivity contribution in [3.05, 3.63) is 27.9 Å². The number of nitrogens with zero attached hydrogens (tertiary/aromatic N) is 1. The van der Waals surface area contributed by atoms with E-state index < -0.39 is 10.0 Å². The first-order chi connectivity index (χ1) is 8.85. The lowest BCUT2D eigenvalue weighted by atomic mass is 10.3. The maximum atomic E-state index is 12.1. The zero-order chi connectivity index (χ0) is 14.2. The number of rotatable bonds is 4. The highest BCUT2D eigenvalue weighted by molar-refractivity contribution is 7.89. The topological polar surface area (TPSA) is 68.2 Å². The van der Waals surface area contributed by atoms with Gasteiger partial charge in [-0.25, -0.2) is 13.1 Å². The molecule has 1 atom stereocenters. The van der Waals surface area contributed by atoms with Crippen LogP contribution in [-0.2, 0) is 17.1 Å². The largest absolute Gasteiger partial charge is 0.307 e. The first-order valence-electron chi connectivity index (χ1n) is 5.97. The van der Waals surface area contributed by atoms with Crippen molar-refractivity contribution in [3.63, 3.8) is 0 Å². The Morgan fingerprint density at radius 3 is 2.74 bits per heavy atom. The monoisotopic (exact) mass is 300 g/mol. The third-order valence-electron chi connectivity index (χ3n) is 3.04. The maximum absolute atomic E-state index is 12.1. The van der Waals surface area contributed by atoms with Crippen molar-refractivity contribution in [3.8, 4) is 0 Å². The third-order valence-corrected chi connectivity index (χ3v) is 5.63. The average Bonchev–Trinajstić information content (AvgIpc) is 2.64. The molecular formula is C12H16N2O3S2. The van der Waals surface area contributed by atoms with Gasteiger partial charge in [0.15, 0.2) is 0 Å². The lowest BCUT2D eigenvalue weighted by molar-refractivity contribution is 0.556. The molecular weight excluding hydrogens is 284 g/mol. The highest BCUT2D eigenvalue weighted by atomic mass is 32.2. The predicted molar refractivity (Wildman–Crippen MR) is 77.1 cm³/mol. The van der Waals surface area contributed by atoms with Gasteiger partial charge in [0.1, 0.15) is 0 Å². The number of thiazole rings is 1. The van der Waals surface area contributed by atoms with Crippen molar-refractivity contribution in [1.29, 1.82) is 0 Å². The van der Waals surface area contributed by atoms with E-state index in [1.165, 1.54) is 10.6 Å². The molecule has 0 unspecified atom stereocenters. The number of hydrogen-bond acceptors (Lipinski definition) is 4. The van der Waals surface area contributed by atoms with E-state index in [0.717, 1.165) is 23.3 Å². The molecule has 0 radical (unpaired) electrons. The van der Waals surface area contributed by atoms with Crippen LogP contribution in [0.4, 0.5) is 0 Å². The normalized spacial score (nSPS) is 13.8. The molecule has 0 bridgehead atoms. The molecule has 1 heterocycles. The van der Waals surface area contributed by atoms with Crippen LogP contribution < -0.4 is 9.60 Å². The number of fused-ring (bicyclic) bond motifs is 1. The highest BCUT2D eigenvalue weighted by Crippen LogP contribution is 2.21. The van der Waals surface area contributed by atoms with Crippen molar-refractivity contribution >= 4 is 31.6 Å². The van der Waals surface area contributed by atoms with Crippen molar-refractivity contribution in [2.24, 2.45) is 7.05 Å². The number of nitrogens with one attached hydrogen (secondary N) is 1. The number of aryl methyl sites for hydroxylation is 1. The van der Waals surface area contributed by atoms with Gasteiger partial charge in [-0.1, -0.05) is 18.3 Å². The Morgan fingerprint density at radius 1 is 1.42 bits per heavy atom. The van der Waals surface area contributed by atoms with E-state index in [-0.39, 0.29) is 15.8 Å². The summed E-state index contributed by atoms with van der Waals surface area (Å²) in [6.07, 6.45) is 0.722. The molecule has 1 aromatic heterocycles. The van der Waals surface area contributed by atoms with Crippen LogP contribution in [0.3, 0.4) is 0 Å². The molecule has 5 nitrogen and oxygen atoms in total. The fraction of sp³-hybridized carbons (Fsp3) is 0.417. The van der Waals surface area contributed by atoms with Crippen LogP contribution in [-0.4, -0.2) is 19.0 Å². The van der Waals surface area contributed by atoms with E-state index in [2.05, 4.69) is 4.72 Å².